The molecule has 0 saturated carbocycles. The Kier molecular flexibility index (Phi) is 3.34. The first kappa shape index (κ1) is 10.2. The maximum atomic E-state index is 11.5. The van der Waals surface area contributed by atoms with Gasteiger partial charge in [-0.2, -0.15) is 0 Å². The number of rotatable bonds is 4. The lowest BCUT2D eigenvalue weighted by atomic mass is 10.2. The van der Waals surface area contributed by atoms with Crippen molar-refractivity contribution < 1.29 is 4.79 Å². The summed E-state index contributed by atoms with van der Waals surface area (Å²) < 4.78 is 1.91. The van der Waals surface area contributed by atoms with Gasteiger partial charge in [-0.05, 0) is 13.0 Å². The van der Waals surface area contributed by atoms with Crippen molar-refractivity contribution in [1.82, 2.24) is 20.2 Å². The molecule has 5 nitrogen and oxygen atoms in total. The van der Waals surface area contributed by atoms with E-state index in [0.717, 1.165) is 19.5 Å². The summed E-state index contributed by atoms with van der Waals surface area (Å²) in [6.45, 7) is 2.61. The van der Waals surface area contributed by atoms with Crippen molar-refractivity contribution in [3.05, 3.63) is 18.7 Å². The van der Waals surface area contributed by atoms with Gasteiger partial charge in [-0.3, -0.25) is 4.79 Å². The molecule has 0 aromatic carbocycles. The minimum atomic E-state index is 0.123. The zero-order chi connectivity index (χ0) is 10.5. The fraction of sp³-hybridized carbons (Fsp3) is 0.600. The molecule has 1 fully saturated rings. The molecule has 0 spiro atoms. The van der Waals surface area contributed by atoms with Gasteiger partial charge in [-0.15, -0.1) is 0 Å². The van der Waals surface area contributed by atoms with Gasteiger partial charge in [0.15, 0.2) is 0 Å². The third kappa shape index (κ3) is 3.06. The van der Waals surface area contributed by atoms with Crippen LogP contribution in [0.5, 0.6) is 0 Å². The van der Waals surface area contributed by atoms with Crippen LogP contribution in [0.2, 0.25) is 0 Å². The molecule has 0 radical (unpaired) electrons. The number of aryl methyl sites for hydroxylation is 1. The number of hydrogen-bond acceptors (Lipinski definition) is 3. The minimum Gasteiger partial charge on any atom is -0.352 e. The van der Waals surface area contributed by atoms with Gasteiger partial charge in [0.1, 0.15) is 0 Å². The van der Waals surface area contributed by atoms with Crippen LogP contribution in [0.15, 0.2) is 18.7 Å². The maximum Gasteiger partial charge on any atom is 0.222 e. The van der Waals surface area contributed by atoms with Crippen molar-refractivity contribution in [1.29, 1.82) is 0 Å². The molecule has 0 bridgehead atoms. The van der Waals surface area contributed by atoms with E-state index in [1.807, 2.05) is 10.8 Å². The summed E-state index contributed by atoms with van der Waals surface area (Å²) in [5, 5.41) is 6.22. The second-order valence-electron chi connectivity index (χ2n) is 3.81. The summed E-state index contributed by atoms with van der Waals surface area (Å²) in [4.78, 5) is 15.4. The predicted octanol–water partition coefficient (Wildman–Crippen LogP) is -0.249. The van der Waals surface area contributed by atoms with Gasteiger partial charge in [0.2, 0.25) is 5.91 Å². The molecule has 1 aliphatic heterocycles. The number of carbonyl (C=O) groups excluding carboxylic acids is 1. The zero-order valence-electron chi connectivity index (χ0n) is 8.65. The number of amides is 1. The molecule has 5 heteroatoms. The van der Waals surface area contributed by atoms with Crippen LogP contribution in [-0.2, 0) is 11.3 Å². The number of aromatic nitrogens is 2. The van der Waals surface area contributed by atoms with E-state index in [1.54, 1.807) is 12.5 Å². The highest BCUT2D eigenvalue weighted by molar-refractivity contribution is 5.76. The maximum absolute atomic E-state index is 11.5. The molecule has 0 aliphatic carbocycles. The fourth-order valence-electron chi connectivity index (χ4n) is 1.73. The van der Waals surface area contributed by atoms with Crippen LogP contribution in [0.25, 0.3) is 0 Å². The minimum absolute atomic E-state index is 0.123. The third-order valence-electron chi connectivity index (χ3n) is 2.58. The van der Waals surface area contributed by atoms with Crippen molar-refractivity contribution >= 4 is 5.91 Å². The van der Waals surface area contributed by atoms with Gasteiger partial charge in [0, 0.05) is 37.9 Å². The molecular formula is C10H16N4O. The second kappa shape index (κ2) is 4.93. The summed E-state index contributed by atoms with van der Waals surface area (Å²) in [6.07, 6.45) is 6.87. The average molecular weight is 208 g/mol. The summed E-state index contributed by atoms with van der Waals surface area (Å²) in [7, 11) is 0. The van der Waals surface area contributed by atoms with Gasteiger partial charge < -0.3 is 15.2 Å². The van der Waals surface area contributed by atoms with E-state index in [1.165, 1.54) is 0 Å². The molecular weight excluding hydrogens is 192 g/mol. The summed E-state index contributed by atoms with van der Waals surface area (Å²) in [5.41, 5.74) is 0. The van der Waals surface area contributed by atoms with E-state index in [0.29, 0.717) is 19.0 Å². The Morgan fingerprint density at radius 2 is 2.60 bits per heavy atom. The number of hydrogen-bond donors (Lipinski definition) is 2. The van der Waals surface area contributed by atoms with Crippen LogP contribution in [0.1, 0.15) is 12.8 Å². The van der Waals surface area contributed by atoms with Crippen molar-refractivity contribution in [2.75, 3.05) is 13.1 Å². The molecule has 1 aromatic rings. The lowest BCUT2D eigenvalue weighted by Gasteiger charge is -2.11. The zero-order valence-corrected chi connectivity index (χ0v) is 8.65. The summed E-state index contributed by atoms with van der Waals surface area (Å²) >= 11 is 0. The Morgan fingerprint density at radius 1 is 1.67 bits per heavy atom. The Bertz CT molecular complexity index is 303. The van der Waals surface area contributed by atoms with E-state index in [-0.39, 0.29) is 5.91 Å². The highest BCUT2D eigenvalue weighted by Crippen LogP contribution is 1.98. The van der Waals surface area contributed by atoms with Crippen molar-refractivity contribution in [2.45, 2.75) is 25.4 Å². The normalized spacial score (nSPS) is 20.4. The van der Waals surface area contributed by atoms with Crippen molar-refractivity contribution in [2.24, 2.45) is 0 Å². The molecule has 15 heavy (non-hydrogen) atoms. The molecule has 82 valence electrons. The Morgan fingerprint density at radius 3 is 3.27 bits per heavy atom. The van der Waals surface area contributed by atoms with E-state index >= 15 is 0 Å². The van der Waals surface area contributed by atoms with Crippen molar-refractivity contribution in [3.8, 4) is 0 Å². The SMILES string of the molecule is O=C(CCn1ccnc1)N[C@H]1CCNC1. The molecule has 2 rings (SSSR count). The Hall–Kier alpha value is -1.36. The first-order valence-corrected chi connectivity index (χ1v) is 5.30. The van der Waals surface area contributed by atoms with Crippen LogP contribution in [0.3, 0.4) is 0 Å². The van der Waals surface area contributed by atoms with Crippen LogP contribution in [-0.4, -0.2) is 34.6 Å². The second-order valence-corrected chi connectivity index (χ2v) is 3.81. The van der Waals surface area contributed by atoms with Gasteiger partial charge in [-0.25, -0.2) is 4.98 Å². The topological polar surface area (TPSA) is 59.0 Å². The van der Waals surface area contributed by atoms with Gasteiger partial charge in [-0.1, -0.05) is 0 Å². The molecule has 0 unspecified atom stereocenters. The van der Waals surface area contributed by atoms with Crippen LogP contribution in [0.4, 0.5) is 0 Å². The fourth-order valence-corrected chi connectivity index (χ4v) is 1.73. The Labute approximate surface area is 88.9 Å². The molecule has 1 atom stereocenters. The van der Waals surface area contributed by atoms with Crippen LogP contribution >= 0.6 is 0 Å². The standard InChI is InChI=1S/C10H16N4O/c15-10(13-9-1-3-11-7-9)2-5-14-6-4-12-8-14/h4,6,8-9,11H,1-3,5,7H2,(H,13,15)/t9-/m0/s1. The molecule has 1 amide bonds. The molecule has 1 aliphatic rings. The molecule has 1 saturated heterocycles. The summed E-state index contributed by atoms with van der Waals surface area (Å²) in [6, 6.07) is 0.320. The van der Waals surface area contributed by atoms with E-state index < -0.39 is 0 Å². The number of imidazole rings is 1. The highest BCUT2D eigenvalue weighted by Gasteiger charge is 2.15. The molecule has 2 N–H and O–H groups in total. The largest absolute Gasteiger partial charge is 0.352 e. The monoisotopic (exact) mass is 208 g/mol. The van der Waals surface area contributed by atoms with Crippen LogP contribution in [0, 0.1) is 0 Å². The first-order valence-electron chi connectivity index (χ1n) is 5.30. The van der Waals surface area contributed by atoms with E-state index in [2.05, 4.69) is 15.6 Å². The number of carbonyl (C=O) groups is 1. The highest BCUT2D eigenvalue weighted by atomic mass is 16.1. The smallest absolute Gasteiger partial charge is 0.222 e. The molecule has 2 heterocycles. The first-order chi connectivity index (χ1) is 7.34. The number of nitrogens with one attached hydrogen (secondary N) is 2. The third-order valence-corrected chi connectivity index (χ3v) is 2.58. The van der Waals surface area contributed by atoms with E-state index in [4.69, 9.17) is 0 Å². The quantitative estimate of drug-likeness (QED) is 0.717. The van der Waals surface area contributed by atoms with Crippen LogP contribution < -0.4 is 10.6 Å². The predicted molar refractivity (Wildman–Crippen MR) is 56.3 cm³/mol. The average Bonchev–Trinajstić information content (AvgIpc) is 2.86. The lowest BCUT2D eigenvalue weighted by molar-refractivity contribution is -0.121. The van der Waals surface area contributed by atoms with Gasteiger partial charge in [0.25, 0.3) is 0 Å². The lowest BCUT2D eigenvalue weighted by Crippen LogP contribution is -2.36. The van der Waals surface area contributed by atoms with E-state index in [9.17, 15) is 4.79 Å². The molecule has 1 aromatic heterocycles. The van der Waals surface area contributed by atoms with Gasteiger partial charge >= 0.3 is 0 Å². The van der Waals surface area contributed by atoms with Gasteiger partial charge in [0.05, 0.1) is 6.33 Å². The number of nitrogens with zero attached hydrogens (tertiary/aromatic N) is 2. The Balaban J connectivity index is 1.68. The van der Waals surface area contributed by atoms with Crippen molar-refractivity contribution in [3.63, 3.8) is 0 Å². The summed E-state index contributed by atoms with van der Waals surface area (Å²) in [5.74, 6) is 0.123.